The molecule has 3 aromatic rings. The van der Waals surface area contributed by atoms with E-state index in [9.17, 15) is 4.79 Å². The van der Waals surface area contributed by atoms with Gasteiger partial charge in [-0.1, -0.05) is 42.5 Å². The maximum atomic E-state index is 12.1. The maximum Gasteiger partial charge on any atom is 0.248 e. The highest BCUT2D eigenvalue weighted by Gasteiger charge is 2.19. The summed E-state index contributed by atoms with van der Waals surface area (Å²) in [4.78, 5) is 12.1. The molecule has 0 spiro atoms. The van der Waals surface area contributed by atoms with Crippen LogP contribution in [0.1, 0.15) is 11.1 Å². The molecule has 1 amide bonds. The van der Waals surface area contributed by atoms with Gasteiger partial charge in [0.05, 0.1) is 36.8 Å². The summed E-state index contributed by atoms with van der Waals surface area (Å²) < 4.78 is 5.52. The van der Waals surface area contributed by atoms with Crippen molar-refractivity contribution in [3.63, 3.8) is 0 Å². The van der Waals surface area contributed by atoms with Gasteiger partial charge in [-0.05, 0) is 29.3 Å². The fourth-order valence-corrected chi connectivity index (χ4v) is 4.08. The number of nitrogens with one attached hydrogen (secondary N) is 1. The molecule has 0 unspecified atom stereocenters. The van der Waals surface area contributed by atoms with Crippen LogP contribution in [0.2, 0.25) is 0 Å². The predicted molar refractivity (Wildman–Crippen MR) is 128 cm³/mol. The number of amides is 1. The van der Waals surface area contributed by atoms with Gasteiger partial charge in [0.1, 0.15) is 0 Å². The van der Waals surface area contributed by atoms with Crippen molar-refractivity contribution in [2.75, 3.05) is 42.4 Å². The van der Waals surface area contributed by atoms with Crippen LogP contribution in [-0.2, 0) is 16.1 Å². The molecule has 2 aromatic carbocycles. The third kappa shape index (κ3) is 5.73. The van der Waals surface area contributed by atoms with Crippen LogP contribution in [0, 0.1) is 0 Å². The van der Waals surface area contributed by atoms with E-state index in [0.29, 0.717) is 11.4 Å². The van der Waals surface area contributed by atoms with E-state index in [1.165, 1.54) is 23.0 Å². The highest BCUT2D eigenvalue weighted by Crippen LogP contribution is 2.23. The predicted octanol–water partition coefficient (Wildman–Crippen LogP) is 4.24. The van der Waals surface area contributed by atoms with Crippen LogP contribution in [0.15, 0.2) is 71.4 Å². The summed E-state index contributed by atoms with van der Waals surface area (Å²) in [6.07, 6.45) is 3.33. The van der Waals surface area contributed by atoms with E-state index in [2.05, 4.69) is 51.7 Å². The molecule has 4 rings (SSSR count). The molecule has 160 valence electrons. The van der Waals surface area contributed by atoms with Crippen LogP contribution < -0.4 is 16.1 Å². The molecule has 1 aliphatic heterocycles. The van der Waals surface area contributed by atoms with Crippen molar-refractivity contribution < 1.29 is 9.53 Å². The summed E-state index contributed by atoms with van der Waals surface area (Å²) >= 11 is 1.46. The van der Waals surface area contributed by atoms with Crippen molar-refractivity contribution >= 4 is 40.4 Å². The van der Waals surface area contributed by atoms with E-state index >= 15 is 0 Å². The number of nitrogen functional groups attached to an aromatic ring is 1. The molecule has 1 fully saturated rings. The molecule has 0 saturated carbocycles. The van der Waals surface area contributed by atoms with Gasteiger partial charge in [-0.15, -0.1) is 11.3 Å². The van der Waals surface area contributed by atoms with Crippen molar-refractivity contribution in [3.05, 3.63) is 82.6 Å². The van der Waals surface area contributed by atoms with Gasteiger partial charge < -0.3 is 20.8 Å². The number of thiophene rings is 1. The average Bonchev–Trinajstić information content (AvgIpc) is 3.22. The molecule has 1 saturated heterocycles. The largest absolute Gasteiger partial charge is 0.396 e. The third-order valence-corrected chi connectivity index (χ3v) is 5.83. The van der Waals surface area contributed by atoms with E-state index in [-0.39, 0.29) is 5.91 Å². The zero-order valence-corrected chi connectivity index (χ0v) is 18.1. The molecular weight excluding hydrogens is 408 g/mol. The van der Waals surface area contributed by atoms with Gasteiger partial charge in [0.2, 0.25) is 5.91 Å². The monoisotopic (exact) mass is 434 g/mol. The summed E-state index contributed by atoms with van der Waals surface area (Å²) in [5, 5.41) is 11.1. The van der Waals surface area contributed by atoms with Gasteiger partial charge in [0.25, 0.3) is 0 Å². The molecule has 3 N–H and O–H groups in total. The lowest BCUT2D eigenvalue weighted by Gasteiger charge is -2.39. The van der Waals surface area contributed by atoms with Gasteiger partial charge in [0, 0.05) is 29.9 Å². The van der Waals surface area contributed by atoms with E-state index in [1.807, 2.05) is 23.6 Å². The molecule has 2 heterocycles. The van der Waals surface area contributed by atoms with Gasteiger partial charge in [-0.25, -0.2) is 5.01 Å². The number of ether oxygens (including phenoxy) is 1. The lowest BCUT2D eigenvalue weighted by molar-refractivity contribution is -0.111. The number of para-hydroxylation sites is 1. The van der Waals surface area contributed by atoms with Gasteiger partial charge in [0.15, 0.2) is 0 Å². The number of anilines is 3. The molecule has 31 heavy (non-hydrogen) atoms. The number of nitrogens with two attached hydrogens (primary N) is 1. The second-order valence-electron chi connectivity index (χ2n) is 7.26. The Balaban J connectivity index is 1.41. The first-order valence-corrected chi connectivity index (χ1v) is 11.2. The fourth-order valence-electron chi connectivity index (χ4n) is 3.41. The number of carbonyl (C=O) groups excluding carboxylic acids is 1. The molecule has 7 heteroatoms. The highest BCUT2D eigenvalue weighted by molar-refractivity contribution is 7.09. The van der Waals surface area contributed by atoms with Gasteiger partial charge in [-0.3, -0.25) is 4.79 Å². The number of benzene rings is 2. The smallest absolute Gasteiger partial charge is 0.248 e. The van der Waals surface area contributed by atoms with Crippen LogP contribution >= 0.6 is 11.3 Å². The highest BCUT2D eigenvalue weighted by atomic mass is 32.1. The number of carbonyl (C=O) groups is 1. The molecule has 0 radical (unpaired) electrons. The first-order valence-electron chi connectivity index (χ1n) is 10.2. The van der Waals surface area contributed by atoms with Crippen LogP contribution in [0.4, 0.5) is 17.1 Å². The number of hydrogen-bond donors (Lipinski definition) is 2. The minimum atomic E-state index is -0.197. The summed E-state index contributed by atoms with van der Waals surface area (Å²) in [5.74, 6) is -0.197. The Kier molecular flexibility index (Phi) is 6.99. The van der Waals surface area contributed by atoms with Gasteiger partial charge in [-0.2, -0.15) is 0 Å². The Bertz CT molecular complexity index is 1010. The lowest BCUT2D eigenvalue weighted by Crippen LogP contribution is -2.48. The zero-order valence-electron chi connectivity index (χ0n) is 17.2. The average molecular weight is 435 g/mol. The number of hydrazine groups is 1. The Hall–Kier alpha value is -3.13. The molecule has 0 atom stereocenters. The number of rotatable bonds is 7. The molecule has 0 bridgehead atoms. The van der Waals surface area contributed by atoms with Crippen molar-refractivity contribution in [3.8, 4) is 0 Å². The third-order valence-electron chi connectivity index (χ3n) is 5.07. The van der Waals surface area contributed by atoms with Crippen LogP contribution in [0.3, 0.4) is 0 Å². The van der Waals surface area contributed by atoms with Crippen LogP contribution in [0.5, 0.6) is 0 Å². The molecular formula is C24H26N4O2S. The van der Waals surface area contributed by atoms with E-state index in [0.717, 1.165) is 44.1 Å². The van der Waals surface area contributed by atoms with Crippen LogP contribution in [-0.4, -0.2) is 37.2 Å². The number of nitrogens with zero attached hydrogens (tertiary/aromatic N) is 2. The standard InChI is InChI=1S/C24H26N4O2S/c25-22-17-31-18-23(22)26-24(29)11-10-19-6-8-20(9-7-19)16-28(21-4-2-1-3-5-21)27-12-14-30-15-13-27/h1-11,17-18H,12-16,25H2,(H,26,29). The second-order valence-corrected chi connectivity index (χ2v) is 8.01. The summed E-state index contributed by atoms with van der Waals surface area (Å²) in [6.45, 7) is 4.00. The molecule has 1 aliphatic rings. The SMILES string of the molecule is Nc1cscc1NC(=O)C=Cc1ccc(CN(c2ccccc2)N2CCOCC2)cc1. The van der Waals surface area contributed by atoms with Crippen molar-refractivity contribution in [1.82, 2.24) is 5.01 Å². The fraction of sp³-hybridized carbons (Fsp3) is 0.208. The minimum absolute atomic E-state index is 0.197. The molecule has 0 aliphatic carbocycles. The Morgan fingerprint density at radius 3 is 2.52 bits per heavy atom. The zero-order chi connectivity index (χ0) is 21.5. The lowest BCUT2D eigenvalue weighted by atomic mass is 10.1. The van der Waals surface area contributed by atoms with Crippen LogP contribution in [0.25, 0.3) is 6.08 Å². The number of hydrogen-bond acceptors (Lipinski definition) is 6. The number of morpholine rings is 1. The molecule has 1 aromatic heterocycles. The summed E-state index contributed by atoms with van der Waals surface area (Å²) in [7, 11) is 0. The van der Waals surface area contributed by atoms with E-state index in [4.69, 9.17) is 10.5 Å². The van der Waals surface area contributed by atoms with E-state index < -0.39 is 0 Å². The van der Waals surface area contributed by atoms with Gasteiger partial charge >= 0.3 is 0 Å². The summed E-state index contributed by atoms with van der Waals surface area (Å²) in [6, 6.07) is 18.7. The quantitative estimate of drug-likeness (QED) is 0.545. The Morgan fingerprint density at radius 1 is 1.10 bits per heavy atom. The van der Waals surface area contributed by atoms with E-state index in [1.54, 1.807) is 11.5 Å². The Morgan fingerprint density at radius 2 is 1.84 bits per heavy atom. The van der Waals surface area contributed by atoms with Crippen molar-refractivity contribution in [1.29, 1.82) is 0 Å². The second kappa shape index (κ2) is 10.3. The normalized spacial score (nSPS) is 14.6. The van der Waals surface area contributed by atoms with Crippen molar-refractivity contribution in [2.24, 2.45) is 0 Å². The minimum Gasteiger partial charge on any atom is -0.396 e. The Labute approximate surface area is 186 Å². The first-order chi connectivity index (χ1) is 15.2. The maximum absolute atomic E-state index is 12.1. The van der Waals surface area contributed by atoms with Crippen molar-refractivity contribution in [2.45, 2.75) is 6.54 Å². The molecule has 6 nitrogen and oxygen atoms in total. The first kappa shape index (κ1) is 21.1. The topological polar surface area (TPSA) is 70.8 Å². The summed E-state index contributed by atoms with van der Waals surface area (Å²) in [5.41, 5.74) is 10.4.